The molecular formula is C11H17NO4. The molecule has 0 amide bonds. The van der Waals surface area contributed by atoms with Gasteiger partial charge in [0.05, 0.1) is 18.7 Å². The molecule has 1 aromatic rings. The number of rotatable bonds is 7. The summed E-state index contributed by atoms with van der Waals surface area (Å²) in [6.45, 7) is 4.09. The lowest BCUT2D eigenvalue weighted by atomic mass is 10.3. The average molecular weight is 227 g/mol. The molecule has 0 atom stereocenters. The second kappa shape index (κ2) is 6.30. The smallest absolute Gasteiger partial charge is 0.338 e. The van der Waals surface area contributed by atoms with Crippen LogP contribution in [0.25, 0.3) is 0 Å². The van der Waals surface area contributed by atoms with E-state index in [0.29, 0.717) is 18.8 Å². The van der Waals surface area contributed by atoms with Crippen LogP contribution in [0.4, 0.5) is 0 Å². The molecule has 16 heavy (non-hydrogen) atoms. The summed E-state index contributed by atoms with van der Waals surface area (Å²) in [5.74, 6) is -0.376. The van der Waals surface area contributed by atoms with Crippen molar-refractivity contribution in [2.24, 2.45) is 0 Å². The fourth-order valence-corrected chi connectivity index (χ4v) is 1.52. The highest BCUT2D eigenvalue weighted by atomic mass is 16.4. The van der Waals surface area contributed by atoms with Crippen molar-refractivity contribution in [3.05, 3.63) is 23.7 Å². The molecule has 0 saturated heterocycles. The Morgan fingerprint density at radius 2 is 2.25 bits per heavy atom. The van der Waals surface area contributed by atoms with Gasteiger partial charge in [-0.1, -0.05) is 6.92 Å². The summed E-state index contributed by atoms with van der Waals surface area (Å²) in [7, 11) is 0. The molecule has 0 spiro atoms. The molecule has 2 N–H and O–H groups in total. The quantitative estimate of drug-likeness (QED) is 0.731. The number of nitrogens with zero attached hydrogens (tertiary/aromatic N) is 1. The predicted octanol–water partition coefficient (Wildman–Crippen LogP) is 1.18. The molecule has 0 aliphatic rings. The lowest BCUT2D eigenvalue weighted by molar-refractivity contribution is 0.0696. The molecule has 0 unspecified atom stereocenters. The van der Waals surface area contributed by atoms with E-state index < -0.39 is 5.97 Å². The third-order valence-electron chi connectivity index (χ3n) is 2.24. The van der Waals surface area contributed by atoms with E-state index in [-0.39, 0.29) is 12.2 Å². The highest BCUT2D eigenvalue weighted by Crippen LogP contribution is 2.10. The lowest BCUT2D eigenvalue weighted by Crippen LogP contribution is -2.27. The van der Waals surface area contributed by atoms with Gasteiger partial charge in [0.2, 0.25) is 0 Å². The summed E-state index contributed by atoms with van der Waals surface area (Å²) >= 11 is 0. The fraction of sp³-hybridized carbons (Fsp3) is 0.545. The number of carbonyl (C=O) groups is 1. The molecule has 0 aliphatic heterocycles. The van der Waals surface area contributed by atoms with Crippen LogP contribution in [0, 0.1) is 0 Å². The Labute approximate surface area is 94.3 Å². The topological polar surface area (TPSA) is 73.9 Å². The van der Waals surface area contributed by atoms with Gasteiger partial charge in [-0.2, -0.15) is 0 Å². The van der Waals surface area contributed by atoms with Crippen LogP contribution in [0.1, 0.15) is 29.5 Å². The Bertz CT molecular complexity index is 328. The number of furan rings is 1. The SMILES string of the molecule is CCCN(CCO)Cc1cc(C(=O)O)co1. The van der Waals surface area contributed by atoms with Gasteiger partial charge < -0.3 is 14.6 Å². The molecule has 0 aliphatic carbocycles. The minimum atomic E-state index is -0.987. The maximum absolute atomic E-state index is 10.6. The van der Waals surface area contributed by atoms with Gasteiger partial charge in [0.25, 0.3) is 0 Å². The molecule has 0 bridgehead atoms. The van der Waals surface area contributed by atoms with Gasteiger partial charge in [-0.15, -0.1) is 0 Å². The van der Waals surface area contributed by atoms with Gasteiger partial charge in [-0.3, -0.25) is 4.90 Å². The van der Waals surface area contributed by atoms with Gasteiger partial charge in [-0.25, -0.2) is 4.79 Å². The predicted molar refractivity (Wildman–Crippen MR) is 58.3 cm³/mol. The van der Waals surface area contributed by atoms with E-state index in [0.717, 1.165) is 13.0 Å². The lowest BCUT2D eigenvalue weighted by Gasteiger charge is -2.18. The van der Waals surface area contributed by atoms with Crippen LogP contribution in [-0.2, 0) is 6.54 Å². The first-order valence-corrected chi connectivity index (χ1v) is 5.31. The number of hydrogen-bond donors (Lipinski definition) is 2. The highest BCUT2D eigenvalue weighted by Gasteiger charge is 2.11. The Morgan fingerprint density at radius 1 is 1.50 bits per heavy atom. The zero-order valence-corrected chi connectivity index (χ0v) is 9.35. The average Bonchev–Trinajstić information content (AvgIpc) is 2.67. The van der Waals surface area contributed by atoms with Crippen LogP contribution in [-0.4, -0.2) is 40.8 Å². The van der Waals surface area contributed by atoms with Crippen LogP contribution >= 0.6 is 0 Å². The standard InChI is InChI=1S/C11H17NO4/c1-2-3-12(4-5-13)7-10-6-9(8-16-10)11(14)15/h6,8,13H,2-5,7H2,1H3,(H,14,15). The van der Waals surface area contributed by atoms with Crippen molar-refractivity contribution < 1.29 is 19.4 Å². The van der Waals surface area contributed by atoms with Crippen molar-refractivity contribution in [1.82, 2.24) is 4.90 Å². The number of hydrogen-bond acceptors (Lipinski definition) is 4. The molecule has 0 saturated carbocycles. The number of aliphatic hydroxyl groups is 1. The highest BCUT2D eigenvalue weighted by molar-refractivity contribution is 5.87. The molecular weight excluding hydrogens is 210 g/mol. The van der Waals surface area contributed by atoms with Crippen LogP contribution in [0.5, 0.6) is 0 Å². The van der Waals surface area contributed by atoms with Crippen molar-refractivity contribution in [2.45, 2.75) is 19.9 Å². The first-order chi connectivity index (χ1) is 7.67. The van der Waals surface area contributed by atoms with E-state index in [1.807, 2.05) is 4.90 Å². The van der Waals surface area contributed by atoms with E-state index in [4.69, 9.17) is 14.6 Å². The Kier molecular flexibility index (Phi) is 5.01. The molecule has 0 radical (unpaired) electrons. The zero-order valence-electron chi connectivity index (χ0n) is 9.35. The second-order valence-electron chi connectivity index (χ2n) is 3.61. The number of carboxylic acid groups (broad SMARTS) is 1. The van der Waals surface area contributed by atoms with Crippen molar-refractivity contribution in [1.29, 1.82) is 0 Å². The summed E-state index contributed by atoms with van der Waals surface area (Å²) in [5.41, 5.74) is 0.162. The summed E-state index contributed by atoms with van der Waals surface area (Å²) < 4.78 is 5.14. The fourth-order valence-electron chi connectivity index (χ4n) is 1.52. The second-order valence-corrected chi connectivity index (χ2v) is 3.61. The monoisotopic (exact) mass is 227 g/mol. The molecule has 5 nitrogen and oxygen atoms in total. The van der Waals surface area contributed by atoms with E-state index in [1.165, 1.54) is 12.3 Å². The molecule has 0 aromatic carbocycles. The van der Waals surface area contributed by atoms with Gasteiger partial charge in [-0.05, 0) is 19.0 Å². The third kappa shape index (κ3) is 3.67. The van der Waals surface area contributed by atoms with E-state index in [9.17, 15) is 4.79 Å². The van der Waals surface area contributed by atoms with Crippen molar-refractivity contribution in [3.8, 4) is 0 Å². The molecule has 0 fully saturated rings. The first-order valence-electron chi connectivity index (χ1n) is 5.31. The molecule has 1 heterocycles. The largest absolute Gasteiger partial charge is 0.478 e. The minimum absolute atomic E-state index is 0.0898. The summed E-state index contributed by atoms with van der Waals surface area (Å²) in [6, 6.07) is 1.52. The van der Waals surface area contributed by atoms with E-state index in [2.05, 4.69) is 6.92 Å². The summed E-state index contributed by atoms with van der Waals surface area (Å²) in [4.78, 5) is 12.7. The van der Waals surface area contributed by atoms with E-state index in [1.54, 1.807) is 0 Å². The molecule has 90 valence electrons. The van der Waals surface area contributed by atoms with Crippen LogP contribution in [0.2, 0.25) is 0 Å². The normalized spacial score (nSPS) is 10.9. The number of carboxylic acids is 1. The first kappa shape index (κ1) is 12.7. The van der Waals surface area contributed by atoms with Gasteiger partial charge in [0, 0.05) is 6.54 Å². The van der Waals surface area contributed by atoms with Crippen molar-refractivity contribution in [3.63, 3.8) is 0 Å². The minimum Gasteiger partial charge on any atom is -0.478 e. The molecule has 1 rings (SSSR count). The summed E-state index contributed by atoms with van der Waals surface area (Å²) in [5, 5.41) is 17.6. The Hall–Kier alpha value is -1.33. The van der Waals surface area contributed by atoms with Crippen LogP contribution in [0.15, 0.2) is 16.7 Å². The Balaban J connectivity index is 2.58. The molecule has 5 heteroatoms. The Morgan fingerprint density at radius 3 is 2.75 bits per heavy atom. The van der Waals surface area contributed by atoms with Crippen molar-refractivity contribution in [2.75, 3.05) is 19.7 Å². The van der Waals surface area contributed by atoms with Gasteiger partial charge >= 0.3 is 5.97 Å². The maximum atomic E-state index is 10.6. The van der Waals surface area contributed by atoms with Crippen LogP contribution in [0.3, 0.4) is 0 Å². The third-order valence-corrected chi connectivity index (χ3v) is 2.24. The number of aromatic carboxylic acids is 1. The maximum Gasteiger partial charge on any atom is 0.338 e. The summed E-state index contributed by atoms with van der Waals surface area (Å²) in [6.07, 6.45) is 2.22. The molecule has 1 aromatic heterocycles. The van der Waals surface area contributed by atoms with Gasteiger partial charge in [0.1, 0.15) is 12.0 Å². The van der Waals surface area contributed by atoms with Crippen LogP contribution < -0.4 is 0 Å². The van der Waals surface area contributed by atoms with Crippen molar-refractivity contribution >= 4 is 5.97 Å². The zero-order chi connectivity index (χ0) is 12.0. The van der Waals surface area contributed by atoms with Gasteiger partial charge in [0.15, 0.2) is 0 Å². The number of aliphatic hydroxyl groups excluding tert-OH is 1. The van der Waals surface area contributed by atoms with E-state index >= 15 is 0 Å².